The zero-order valence-electron chi connectivity index (χ0n) is 10.3. The number of nitrogens with zero attached hydrogens (tertiary/aromatic N) is 2. The molecule has 0 spiro atoms. The van der Waals surface area contributed by atoms with Crippen LogP contribution in [0.2, 0.25) is 0 Å². The Morgan fingerprint density at radius 2 is 2.05 bits per heavy atom. The van der Waals surface area contributed by atoms with Gasteiger partial charge in [0.15, 0.2) is 0 Å². The molecule has 1 aromatic carbocycles. The van der Waals surface area contributed by atoms with Crippen LogP contribution in [-0.2, 0) is 11.4 Å². The minimum absolute atomic E-state index is 0.0219. The van der Waals surface area contributed by atoms with Crippen molar-refractivity contribution in [3.63, 3.8) is 0 Å². The number of para-hydroxylation sites is 1. The lowest BCUT2D eigenvalue weighted by Crippen LogP contribution is -2.35. The summed E-state index contributed by atoms with van der Waals surface area (Å²) in [6.45, 7) is 1.80. The zero-order chi connectivity index (χ0) is 13.8. The summed E-state index contributed by atoms with van der Waals surface area (Å²) in [5, 5.41) is 0. The van der Waals surface area contributed by atoms with Gasteiger partial charge in [0, 0.05) is 0 Å². The maximum absolute atomic E-state index is 13.3. The minimum Gasteiger partial charge on any atom is -0.311 e. The third-order valence-corrected chi connectivity index (χ3v) is 3.99. The number of imidazole rings is 1. The molecule has 1 aliphatic carbocycles. The second kappa shape index (κ2) is 3.88. The predicted molar refractivity (Wildman–Crippen MR) is 67.3 cm³/mol. The van der Waals surface area contributed by atoms with E-state index in [9.17, 15) is 13.2 Å². The Morgan fingerprint density at radius 3 is 2.58 bits per heavy atom. The summed E-state index contributed by atoms with van der Waals surface area (Å²) in [6.07, 6.45) is -4.08. The van der Waals surface area contributed by atoms with Crippen molar-refractivity contribution in [3.05, 3.63) is 29.6 Å². The summed E-state index contributed by atoms with van der Waals surface area (Å²) < 4.78 is 41.3. The Balaban J connectivity index is 2.34. The second-order valence-electron chi connectivity index (χ2n) is 4.97. The number of aryl methyl sites for hydroxylation is 1. The molecule has 2 aromatic rings. The van der Waals surface area contributed by atoms with Crippen LogP contribution in [0.3, 0.4) is 0 Å². The number of hydrogen-bond donors (Lipinski definition) is 0. The van der Waals surface area contributed by atoms with E-state index in [2.05, 4.69) is 4.98 Å². The van der Waals surface area contributed by atoms with Gasteiger partial charge in [0.05, 0.1) is 16.9 Å². The first-order chi connectivity index (χ1) is 8.90. The van der Waals surface area contributed by atoms with Crippen LogP contribution in [0, 0.1) is 6.92 Å². The summed E-state index contributed by atoms with van der Waals surface area (Å²) in [4.78, 5) is 4.24. The van der Waals surface area contributed by atoms with E-state index in [1.165, 1.54) is 4.57 Å². The average molecular weight is 289 g/mol. The molecular formula is C13H12ClF3N2. The quantitative estimate of drug-likeness (QED) is 0.760. The molecule has 1 saturated carbocycles. The Morgan fingerprint density at radius 1 is 1.37 bits per heavy atom. The molecule has 0 radical (unpaired) electrons. The van der Waals surface area contributed by atoms with E-state index in [1.54, 1.807) is 25.1 Å². The van der Waals surface area contributed by atoms with Crippen molar-refractivity contribution in [2.24, 2.45) is 0 Å². The summed E-state index contributed by atoms with van der Waals surface area (Å²) >= 11 is 5.79. The van der Waals surface area contributed by atoms with Gasteiger partial charge >= 0.3 is 6.18 Å². The van der Waals surface area contributed by atoms with Gasteiger partial charge in [-0.15, -0.1) is 11.6 Å². The molecular weight excluding hydrogens is 277 g/mol. The minimum atomic E-state index is -4.27. The highest BCUT2D eigenvalue weighted by Gasteiger charge is 2.65. The number of alkyl halides is 4. The third kappa shape index (κ3) is 1.67. The number of halogens is 4. The van der Waals surface area contributed by atoms with Crippen molar-refractivity contribution in [1.82, 2.24) is 9.55 Å². The predicted octanol–water partition coefficient (Wildman–Crippen LogP) is 4.13. The molecule has 6 heteroatoms. The van der Waals surface area contributed by atoms with Gasteiger partial charge in [-0.05, 0) is 31.4 Å². The molecule has 102 valence electrons. The number of hydrogen-bond acceptors (Lipinski definition) is 1. The Labute approximate surface area is 113 Å². The van der Waals surface area contributed by atoms with Gasteiger partial charge < -0.3 is 4.57 Å². The van der Waals surface area contributed by atoms with Gasteiger partial charge in [-0.1, -0.05) is 12.1 Å². The van der Waals surface area contributed by atoms with E-state index in [0.717, 1.165) is 5.56 Å². The Kier molecular flexibility index (Phi) is 2.61. The van der Waals surface area contributed by atoms with Crippen molar-refractivity contribution in [2.75, 3.05) is 0 Å². The van der Waals surface area contributed by atoms with Crippen molar-refractivity contribution in [2.45, 2.75) is 37.4 Å². The van der Waals surface area contributed by atoms with Gasteiger partial charge in [0.2, 0.25) is 0 Å². The van der Waals surface area contributed by atoms with Crippen LogP contribution in [-0.4, -0.2) is 15.7 Å². The summed E-state index contributed by atoms with van der Waals surface area (Å²) in [5.41, 5.74) is 0.106. The summed E-state index contributed by atoms with van der Waals surface area (Å²) in [6, 6.07) is 5.31. The van der Waals surface area contributed by atoms with Crippen LogP contribution >= 0.6 is 11.6 Å². The molecule has 0 atom stereocenters. The Hall–Kier alpha value is -1.23. The van der Waals surface area contributed by atoms with Crippen molar-refractivity contribution >= 4 is 22.6 Å². The van der Waals surface area contributed by atoms with E-state index in [0.29, 0.717) is 16.9 Å². The largest absolute Gasteiger partial charge is 0.412 e. The molecule has 3 rings (SSSR count). The maximum atomic E-state index is 13.3. The first-order valence-electron chi connectivity index (χ1n) is 6.01. The van der Waals surface area contributed by atoms with Crippen LogP contribution in [0.4, 0.5) is 13.2 Å². The molecule has 0 unspecified atom stereocenters. The normalized spacial score (nSPS) is 17.9. The summed E-state index contributed by atoms with van der Waals surface area (Å²) in [7, 11) is 0. The molecule has 1 fully saturated rings. The van der Waals surface area contributed by atoms with Crippen molar-refractivity contribution in [1.29, 1.82) is 0 Å². The highest BCUT2D eigenvalue weighted by atomic mass is 35.5. The van der Waals surface area contributed by atoms with Crippen LogP contribution in [0.15, 0.2) is 18.2 Å². The van der Waals surface area contributed by atoms with Crippen LogP contribution in [0.5, 0.6) is 0 Å². The van der Waals surface area contributed by atoms with E-state index in [4.69, 9.17) is 11.6 Å². The topological polar surface area (TPSA) is 17.8 Å². The molecule has 0 bridgehead atoms. The fourth-order valence-corrected chi connectivity index (χ4v) is 2.82. The van der Waals surface area contributed by atoms with Crippen LogP contribution < -0.4 is 0 Å². The van der Waals surface area contributed by atoms with Crippen molar-refractivity contribution in [3.8, 4) is 0 Å². The molecule has 1 aliphatic rings. The first-order valence-corrected chi connectivity index (χ1v) is 6.54. The Bertz CT molecular complexity index is 641. The monoisotopic (exact) mass is 288 g/mol. The van der Waals surface area contributed by atoms with Gasteiger partial charge in [0.1, 0.15) is 11.4 Å². The molecule has 0 amide bonds. The van der Waals surface area contributed by atoms with Gasteiger partial charge in [0.25, 0.3) is 0 Å². The highest BCUT2D eigenvalue weighted by molar-refractivity contribution is 6.16. The maximum Gasteiger partial charge on any atom is 0.412 e. The first kappa shape index (κ1) is 12.8. The summed E-state index contributed by atoms with van der Waals surface area (Å²) in [5.74, 6) is 0.271. The zero-order valence-corrected chi connectivity index (χ0v) is 11.0. The standard InChI is InChI=1S/C13H12ClF3N2/c1-8-3-2-4-9-11(8)19(10(7-14)18-9)12(5-6-12)13(15,16)17/h2-4H,5-7H2,1H3. The fourth-order valence-electron chi connectivity index (χ4n) is 2.65. The van der Waals surface area contributed by atoms with Crippen LogP contribution in [0.25, 0.3) is 11.0 Å². The average Bonchev–Trinajstić information content (AvgIpc) is 3.05. The molecule has 0 aliphatic heterocycles. The van der Waals surface area contributed by atoms with E-state index < -0.39 is 11.7 Å². The van der Waals surface area contributed by atoms with Gasteiger partial charge in [-0.25, -0.2) is 4.98 Å². The number of aromatic nitrogens is 2. The lowest BCUT2D eigenvalue weighted by atomic mass is 10.1. The van der Waals surface area contributed by atoms with E-state index in [-0.39, 0.29) is 18.7 Å². The fraction of sp³-hybridized carbons (Fsp3) is 0.462. The molecule has 2 nitrogen and oxygen atoms in total. The number of benzene rings is 1. The molecule has 19 heavy (non-hydrogen) atoms. The SMILES string of the molecule is Cc1cccc2nc(CCl)n(C3(C(F)(F)F)CC3)c12. The lowest BCUT2D eigenvalue weighted by molar-refractivity contribution is -0.179. The van der Waals surface area contributed by atoms with Gasteiger partial charge in [-0.3, -0.25) is 0 Å². The van der Waals surface area contributed by atoms with Gasteiger partial charge in [-0.2, -0.15) is 13.2 Å². The third-order valence-electron chi connectivity index (χ3n) is 3.75. The molecule has 0 N–H and O–H groups in total. The smallest absolute Gasteiger partial charge is 0.311 e. The molecule has 1 aromatic heterocycles. The number of fused-ring (bicyclic) bond motifs is 1. The van der Waals surface area contributed by atoms with Crippen LogP contribution in [0.1, 0.15) is 24.2 Å². The van der Waals surface area contributed by atoms with E-state index >= 15 is 0 Å². The molecule has 0 saturated heterocycles. The highest BCUT2D eigenvalue weighted by Crippen LogP contribution is 2.57. The lowest BCUT2D eigenvalue weighted by Gasteiger charge is -2.24. The van der Waals surface area contributed by atoms with E-state index in [1.807, 2.05) is 0 Å². The number of rotatable bonds is 2. The molecule has 1 heterocycles. The van der Waals surface area contributed by atoms with Crippen molar-refractivity contribution < 1.29 is 13.2 Å². The second-order valence-corrected chi connectivity index (χ2v) is 5.24.